The van der Waals surface area contributed by atoms with Gasteiger partial charge < -0.3 is 19.2 Å². The first kappa shape index (κ1) is 16.7. The van der Waals surface area contributed by atoms with Crippen LogP contribution in [0.4, 0.5) is 11.6 Å². The predicted molar refractivity (Wildman–Crippen MR) is 85.9 cm³/mol. The number of H-pyrrole nitrogens is 1. The van der Waals surface area contributed by atoms with Gasteiger partial charge >= 0.3 is 0 Å². The lowest BCUT2D eigenvalue weighted by Gasteiger charge is -2.24. The molecule has 0 aliphatic rings. The van der Waals surface area contributed by atoms with Crippen LogP contribution in [0.3, 0.4) is 0 Å². The van der Waals surface area contributed by atoms with Crippen molar-refractivity contribution in [3.8, 4) is 17.2 Å². The van der Waals surface area contributed by atoms with Gasteiger partial charge in [0.1, 0.15) is 11.4 Å². The molecule has 0 unspecified atom stereocenters. The molecule has 0 fully saturated rings. The van der Waals surface area contributed by atoms with Crippen LogP contribution in [-0.4, -0.2) is 39.7 Å². The highest BCUT2D eigenvalue weighted by Crippen LogP contribution is 2.45. The van der Waals surface area contributed by atoms with Crippen LogP contribution in [0.25, 0.3) is 0 Å². The van der Waals surface area contributed by atoms with Gasteiger partial charge in [-0.3, -0.25) is 0 Å². The molecule has 124 valence electrons. The van der Waals surface area contributed by atoms with Crippen molar-refractivity contribution in [1.82, 2.24) is 9.97 Å². The van der Waals surface area contributed by atoms with E-state index in [1.807, 2.05) is 0 Å². The Morgan fingerprint density at radius 3 is 2.17 bits per heavy atom. The molecule has 2 rings (SSSR count). The molecule has 9 heteroatoms. The highest BCUT2D eigenvalue weighted by molar-refractivity contribution is 7.95. The molecule has 0 aliphatic heterocycles. The first-order valence-corrected chi connectivity index (χ1v) is 7.96. The summed E-state index contributed by atoms with van der Waals surface area (Å²) in [6, 6.07) is 3.10. The van der Waals surface area contributed by atoms with E-state index in [1.54, 1.807) is 12.1 Å². The van der Waals surface area contributed by atoms with Crippen LogP contribution in [-0.2, 0) is 10.0 Å². The number of sulfonamides is 1. The number of aromatic nitrogens is 2. The smallest absolute Gasteiger partial charge is 0.263 e. The molecule has 8 nitrogen and oxygen atoms in total. The number of hydrogen-bond acceptors (Lipinski definition) is 6. The average molecular weight is 339 g/mol. The zero-order chi connectivity index (χ0) is 17.0. The number of rotatable bonds is 7. The lowest BCUT2D eigenvalue weighted by molar-refractivity contribution is 0.377. The average Bonchev–Trinajstić information content (AvgIpc) is 3.08. The number of nitrogens with one attached hydrogen (secondary N) is 1. The third-order valence-electron chi connectivity index (χ3n) is 3.03. The number of aromatic amines is 1. The number of anilines is 2. The van der Waals surface area contributed by atoms with Gasteiger partial charge in [-0.2, -0.15) is 4.31 Å². The molecule has 1 aromatic heterocycles. The Morgan fingerprint density at radius 1 is 1.17 bits per heavy atom. The third-order valence-corrected chi connectivity index (χ3v) is 4.32. The zero-order valence-corrected chi connectivity index (χ0v) is 13.8. The molecule has 1 N–H and O–H groups in total. The van der Waals surface area contributed by atoms with Crippen LogP contribution >= 0.6 is 0 Å². The minimum Gasteiger partial charge on any atom is -0.496 e. The van der Waals surface area contributed by atoms with E-state index in [4.69, 9.17) is 14.2 Å². The molecule has 1 aromatic carbocycles. The largest absolute Gasteiger partial charge is 0.496 e. The zero-order valence-electron chi connectivity index (χ0n) is 12.9. The lowest BCUT2D eigenvalue weighted by atomic mass is 10.2. The number of nitrogens with zero attached hydrogens (tertiary/aromatic N) is 2. The summed E-state index contributed by atoms with van der Waals surface area (Å²) in [5.74, 6) is 1.01. The van der Waals surface area contributed by atoms with Gasteiger partial charge in [0.15, 0.2) is 11.5 Å². The van der Waals surface area contributed by atoms with Gasteiger partial charge in [0.25, 0.3) is 10.0 Å². The number of imidazole rings is 1. The molecular weight excluding hydrogens is 322 g/mol. The molecular formula is C14H17N3O5S. The molecule has 0 radical (unpaired) electrons. The summed E-state index contributed by atoms with van der Waals surface area (Å²) in [7, 11) is 0.397. The van der Waals surface area contributed by atoms with E-state index in [0.29, 0.717) is 5.75 Å². The summed E-state index contributed by atoms with van der Waals surface area (Å²) in [6.07, 6.45) is 2.94. The van der Waals surface area contributed by atoms with Gasteiger partial charge in [0, 0.05) is 29.9 Å². The van der Waals surface area contributed by atoms with Crippen LogP contribution in [0.5, 0.6) is 17.2 Å². The van der Waals surface area contributed by atoms with Gasteiger partial charge in [0.05, 0.1) is 21.3 Å². The SMILES string of the molecule is C=CS(=O)(=O)N(c1ncc[nH]1)c1c(OC)cc(OC)cc1OC. The van der Waals surface area contributed by atoms with E-state index in [-0.39, 0.29) is 23.1 Å². The first-order valence-electron chi connectivity index (χ1n) is 6.45. The topological polar surface area (TPSA) is 93.8 Å². The molecule has 0 saturated carbocycles. The van der Waals surface area contributed by atoms with E-state index in [2.05, 4.69) is 16.5 Å². The molecule has 0 spiro atoms. The summed E-state index contributed by atoms with van der Waals surface area (Å²) in [4.78, 5) is 6.75. The van der Waals surface area contributed by atoms with Gasteiger partial charge in [0.2, 0.25) is 5.95 Å². The van der Waals surface area contributed by atoms with E-state index in [0.717, 1.165) is 9.71 Å². The standard InChI is InChI=1S/C14H17N3O5S/c1-5-23(18,19)17(14-15-6-7-16-14)13-11(21-3)8-10(20-2)9-12(13)22-4/h5-9H,1H2,2-4H3,(H,15,16). The summed E-state index contributed by atoms with van der Waals surface area (Å²) < 4.78 is 41.7. The lowest BCUT2D eigenvalue weighted by Crippen LogP contribution is -2.26. The van der Waals surface area contributed by atoms with Gasteiger partial charge in [-0.1, -0.05) is 6.58 Å². The summed E-state index contributed by atoms with van der Waals surface area (Å²) >= 11 is 0. The minimum absolute atomic E-state index is 0.0756. The molecule has 0 atom stereocenters. The van der Waals surface area contributed by atoms with Crippen molar-refractivity contribution in [2.24, 2.45) is 0 Å². The minimum atomic E-state index is -3.92. The van der Waals surface area contributed by atoms with Crippen LogP contribution in [0.1, 0.15) is 0 Å². The van der Waals surface area contributed by atoms with Gasteiger partial charge in [-0.25, -0.2) is 13.4 Å². The highest BCUT2D eigenvalue weighted by atomic mass is 32.2. The number of hydrogen-bond donors (Lipinski definition) is 1. The Labute approximate surface area is 134 Å². The second-order valence-corrected chi connectivity index (χ2v) is 6.00. The molecule has 0 amide bonds. The summed E-state index contributed by atoms with van der Waals surface area (Å²) in [5.41, 5.74) is 0.158. The molecule has 2 aromatic rings. The monoisotopic (exact) mass is 339 g/mol. The fourth-order valence-corrected chi connectivity index (χ4v) is 2.91. The maximum atomic E-state index is 12.5. The maximum absolute atomic E-state index is 12.5. The summed E-state index contributed by atoms with van der Waals surface area (Å²) in [6.45, 7) is 3.36. The summed E-state index contributed by atoms with van der Waals surface area (Å²) in [5, 5.41) is 0.818. The van der Waals surface area contributed by atoms with Gasteiger partial charge in [-0.05, 0) is 0 Å². The molecule has 23 heavy (non-hydrogen) atoms. The fourth-order valence-electron chi connectivity index (χ4n) is 1.98. The quantitative estimate of drug-likeness (QED) is 0.830. The second kappa shape index (κ2) is 6.61. The normalized spacial score (nSPS) is 10.9. The predicted octanol–water partition coefficient (Wildman–Crippen LogP) is 2.05. The Bertz CT molecular complexity index is 762. The van der Waals surface area contributed by atoms with Crippen LogP contribution in [0.15, 0.2) is 36.5 Å². The van der Waals surface area contributed by atoms with Crippen molar-refractivity contribution >= 4 is 21.7 Å². The number of ether oxygens (including phenoxy) is 3. The molecule has 0 saturated heterocycles. The Balaban J connectivity index is 2.80. The van der Waals surface area contributed by atoms with Crippen molar-refractivity contribution in [2.45, 2.75) is 0 Å². The first-order chi connectivity index (χ1) is 11.0. The third kappa shape index (κ3) is 3.09. The van der Waals surface area contributed by atoms with Crippen molar-refractivity contribution in [1.29, 1.82) is 0 Å². The fraction of sp³-hybridized carbons (Fsp3) is 0.214. The van der Waals surface area contributed by atoms with Crippen molar-refractivity contribution in [3.05, 3.63) is 36.5 Å². The van der Waals surface area contributed by atoms with Gasteiger partial charge in [-0.15, -0.1) is 0 Å². The maximum Gasteiger partial charge on any atom is 0.263 e. The van der Waals surface area contributed by atoms with E-state index in [1.165, 1.54) is 33.7 Å². The van der Waals surface area contributed by atoms with E-state index in [9.17, 15) is 8.42 Å². The Morgan fingerprint density at radius 2 is 1.78 bits per heavy atom. The molecule has 0 aliphatic carbocycles. The van der Waals surface area contributed by atoms with E-state index >= 15 is 0 Å². The van der Waals surface area contributed by atoms with Crippen molar-refractivity contribution in [3.63, 3.8) is 0 Å². The Kier molecular flexibility index (Phi) is 4.80. The Hall–Kier alpha value is -2.68. The van der Waals surface area contributed by atoms with E-state index < -0.39 is 10.0 Å². The van der Waals surface area contributed by atoms with Crippen molar-refractivity contribution in [2.75, 3.05) is 25.6 Å². The van der Waals surface area contributed by atoms with Crippen LogP contribution in [0, 0.1) is 0 Å². The molecule has 1 heterocycles. The number of methoxy groups -OCH3 is 3. The highest BCUT2D eigenvalue weighted by Gasteiger charge is 2.30. The molecule has 0 bridgehead atoms. The van der Waals surface area contributed by atoms with Crippen LogP contribution in [0.2, 0.25) is 0 Å². The van der Waals surface area contributed by atoms with Crippen molar-refractivity contribution < 1.29 is 22.6 Å². The number of benzene rings is 1. The van der Waals surface area contributed by atoms with Crippen LogP contribution < -0.4 is 18.5 Å². The second-order valence-electron chi connectivity index (χ2n) is 4.27.